The van der Waals surface area contributed by atoms with Gasteiger partial charge < -0.3 is 10.4 Å². The first-order chi connectivity index (χ1) is 9.24. The largest absolute Gasteiger partial charge is 0.393 e. The summed E-state index contributed by atoms with van der Waals surface area (Å²) in [5, 5.41) is 12.6. The number of thioether (sulfide) groups is 1. The van der Waals surface area contributed by atoms with Crippen LogP contribution in [0.15, 0.2) is 29.2 Å². The van der Waals surface area contributed by atoms with Gasteiger partial charge in [0.05, 0.1) is 12.0 Å². The molecule has 1 fully saturated rings. The standard InChI is InChI=1S/C15H19NO2S/c17-11-6-5-10(7-11)8-16-15(18)13-9-19-14-4-2-1-3-12(13)14/h1-4,10-11,13,17H,5-9H2,(H,16,18). The maximum atomic E-state index is 12.3. The van der Waals surface area contributed by atoms with E-state index in [0.29, 0.717) is 12.5 Å². The number of rotatable bonds is 3. The number of carbonyl (C=O) groups excluding carboxylic acids is 1. The molecule has 0 aromatic heterocycles. The molecule has 1 aromatic rings. The van der Waals surface area contributed by atoms with Gasteiger partial charge in [-0.2, -0.15) is 0 Å². The zero-order valence-electron chi connectivity index (χ0n) is 10.8. The van der Waals surface area contributed by atoms with E-state index in [9.17, 15) is 9.90 Å². The van der Waals surface area contributed by atoms with Crippen molar-refractivity contribution in [1.82, 2.24) is 5.32 Å². The van der Waals surface area contributed by atoms with Crippen LogP contribution in [-0.2, 0) is 4.79 Å². The number of hydrogen-bond acceptors (Lipinski definition) is 3. The van der Waals surface area contributed by atoms with E-state index in [1.54, 1.807) is 11.8 Å². The van der Waals surface area contributed by atoms with Gasteiger partial charge in [-0.25, -0.2) is 0 Å². The highest BCUT2D eigenvalue weighted by molar-refractivity contribution is 7.99. The van der Waals surface area contributed by atoms with Crippen molar-refractivity contribution in [3.05, 3.63) is 29.8 Å². The van der Waals surface area contributed by atoms with Gasteiger partial charge in [0.1, 0.15) is 0 Å². The number of fused-ring (bicyclic) bond motifs is 1. The summed E-state index contributed by atoms with van der Waals surface area (Å²) >= 11 is 1.76. The first-order valence-electron chi connectivity index (χ1n) is 6.91. The summed E-state index contributed by atoms with van der Waals surface area (Å²) in [6, 6.07) is 8.16. The second-order valence-electron chi connectivity index (χ2n) is 5.48. The van der Waals surface area contributed by atoms with Gasteiger partial charge in [-0.3, -0.25) is 4.79 Å². The molecule has 3 unspecified atom stereocenters. The molecule has 3 nitrogen and oxygen atoms in total. The summed E-state index contributed by atoms with van der Waals surface area (Å²) in [7, 11) is 0. The summed E-state index contributed by atoms with van der Waals surface area (Å²) in [4.78, 5) is 13.5. The molecule has 1 saturated carbocycles. The van der Waals surface area contributed by atoms with Gasteiger partial charge in [-0.05, 0) is 36.8 Å². The number of aliphatic hydroxyl groups is 1. The van der Waals surface area contributed by atoms with Gasteiger partial charge in [0.15, 0.2) is 0 Å². The highest BCUT2D eigenvalue weighted by atomic mass is 32.2. The van der Waals surface area contributed by atoms with Crippen molar-refractivity contribution < 1.29 is 9.90 Å². The van der Waals surface area contributed by atoms with Crippen molar-refractivity contribution in [2.24, 2.45) is 5.92 Å². The minimum absolute atomic E-state index is 0.00692. The molecule has 2 N–H and O–H groups in total. The third-order valence-corrected chi connectivity index (χ3v) is 5.28. The van der Waals surface area contributed by atoms with E-state index in [1.807, 2.05) is 12.1 Å². The Balaban J connectivity index is 1.57. The number of nitrogens with one attached hydrogen (secondary N) is 1. The van der Waals surface area contributed by atoms with Crippen LogP contribution in [0, 0.1) is 5.92 Å². The Morgan fingerprint density at radius 1 is 1.37 bits per heavy atom. The second kappa shape index (κ2) is 5.55. The minimum Gasteiger partial charge on any atom is -0.393 e. The van der Waals surface area contributed by atoms with E-state index in [1.165, 1.54) is 4.90 Å². The van der Waals surface area contributed by atoms with Crippen LogP contribution in [0.3, 0.4) is 0 Å². The van der Waals surface area contributed by atoms with Gasteiger partial charge in [0.25, 0.3) is 0 Å². The topological polar surface area (TPSA) is 49.3 Å². The van der Waals surface area contributed by atoms with E-state index >= 15 is 0 Å². The fourth-order valence-electron chi connectivity index (χ4n) is 2.98. The van der Waals surface area contributed by atoms with Crippen molar-refractivity contribution in [3.8, 4) is 0 Å². The zero-order valence-corrected chi connectivity index (χ0v) is 11.7. The van der Waals surface area contributed by atoms with Crippen molar-refractivity contribution in [2.45, 2.75) is 36.2 Å². The molecule has 1 heterocycles. The summed E-state index contributed by atoms with van der Waals surface area (Å²) in [6.07, 6.45) is 2.57. The smallest absolute Gasteiger partial charge is 0.228 e. The Kier molecular flexibility index (Phi) is 3.80. The number of aliphatic hydroxyl groups excluding tert-OH is 1. The number of hydrogen-bond donors (Lipinski definition) is 2. The minimum atomic E-state index is -0.162. The molecule has 1 aliphatic carbocycles. The molecule has 1 amide bonds. The Morgan fingerprint density at radius 2 is 2.21 bits per heavy atom. The summed E-state index contributed by atoms with van der Waals surface area (Å²) < 4.78 is 0. The van der Waals surface area contributed by atoms with Gasteiger partial charge >= 0.3 is 0 Å². The predicted molar refractivity (Wildman–Crippen MR) is 76.3 cm³/mol. The van der Waals surface area contributed by atoms with Gasteiger partial charge in [-0.15, -0.1) is 11.8 Å². The van der Waals surface area contributed by atoms with Crippen LogP contribution >= 0.6 is 11.8 Å². The molecule has 19 heavy (non-hydrogen) atoms. The zero-order chi connectivity index (χ0) is 13.2. The van der Waals surface area contributed by atoms with Crippen molar-refractivity contribution in [1.29, 1.82) is 0 Å². The lowest BCUT2D eigenvalue weighted by Gasteiger charge is -2.14. The van der Waals surface area contributed by atoms with Gasteiger partial charge in [0, 0.05) is 17.2 Å². The highest BCUT2D eigenvalue weighted by Gasteiger charge is 2.30. The van der Waals surface area contributed by atoms with Crippen LogP contribution in [0.2, 0.25) is 0 Å². The third kappa shape index (κ3) is 2.79. The first-order valence-corrected chi connectivity index (χ1v) is 7.90. The van der Waals surface area contributed by atoms with Gasteiger partial charge in [-0.1, -0.05) is 18.2 Å². The average molecular weight is 277 g/mol. The molecule has 4 heteroatoms. The number of benzene rings is 1. The van der Waals surface area contributed by atoms with Crippen LogP contribution < -0.4 is 5.32 Å². The molecule has 2 aliphatic rings. The van der Waals surface area contributed by atoms with E-state index in [-0.39, 0.29) is 17.9 Å². The Labute approximate surface area is 117 Å². The summed E-state index contributed by atoms with van der Waals surface area (Å²) in [6.45, 7) is 0.708. The quantitative estimate of drug-likeness (QED) is 0.890. The fraction of sp³-hybridized carbons (Fsp3) is 0.533. The van der Waals surface area contributed by atoms with Crippen LogP contribution in [0.4, 0.5) is 0 Å². The molecule has 1 aliphatic heterocycles. The molecule has 102 valence electrons. The summed E-state index contributed by atoms with van der Waals surface area (Å²) in [5.74, 6) is 1.42. The highest BCUT2D eigenvalue weighted by Crippen LogP contribution is 2.39. The molecular formula is C15H19NO2S. The maximum absolute atomic E-state index is 12.3. The number of amides is 1. The van der Waals surface area contributed by atoms with E-state index in [0.717, 1.165) is 30.6 Å². The monoisotopic (exact) mass is 277 g/mol. The number of carbonyl (C=O) groups is 1. The molecule has 0 saturated heterocycles. The Hall–Kier alpha value is -1.00. The Bertz CT molecular complexity index is 477. The normalized spacial score (nSPS) is 29.2. The first kappa shape index (κ1) is 13.0. The van der Waals surface area contributed by atoms with E-state index in [4.69, 9.17) is 0 Å². The van der Waals surface area contributed by atoms with Crippen molar-refractivity contribution in [3.63, 3.8) is 0 Å². The van der Waals surface area contributed by atoms with Crippen LogP contribution in [0.25, 0.3) is 0 Å². The fourth-order valence-corrected chi connectivity index (χ4v) is 4.21. The third-order valence-electron chi connectivity index (χ3n) is 4.09. The average Bonchev–Trinajstić information content (AvgIpc) is 3.02. The van der Waals surface area contributed by atoms with Crippen LogP contribution in [-0.4, -0.2) is 29.4 Å². The van der Waals surface area contributed by atoms with Crippen LogP contribution in [0.5, 0.6) is 0 Å². The van der Waals surface area contributed by atoms with Crippen molar-refractivity contribution >= 4 is 17.7 Å². The second-order valence-corrected chi connectivity index (χ2v) is 6.54. The predicted octanol–water partition coefficient (Wildman–Crippen LogP) is 2.15. The van der Waals surface area contributed by atoms with Crippen molar-refractivity contribution in [2.75, 3.05) is 12.3 Å². The SMILES string of the molecule is O=C(NCC1CCC(O)C1)C1CSc2ccccc21. The molecule has 0 spiro atoms. The van der Waals surface area contributed by atoms with Crippen LogP contribution in [0.1, 0.15) is 30.7 Å². The molecular weight excluding hydrogens is 258 g/mol. The lowest BCUT2D eigenvalue weighted by atomic mass is 10.00. The van der Waals surface area contributed by atoms with E-state index < -0.39 is 0 Å². The summed E-state index contributed by atoms with van der Waals surface area (Å²) in [5.41, 5.74) is 1.16. The van der Waals surface area contributed by atoms with Gasteiger partial charge in [0.2, 0.25) is 5.91 Å². The molecule has 1 aromatic carbocycles. The molecule has 0 radical (unpaired) electrons. The molecule has 3 rings (SSSR count). The molecule has 0 bridgehead atoms. The Morgan fingerprint density at radius 3 is 3.00 bits per heavy atom. The molecule has 3 atom stereocenters. The maximum Gasteiger partial charge on any atom is 0.228 e. The van der Waals surface area contributed by atoms with E-state index in [2.05, 4.69) is 17.4 Å². The lowest BCUT2D eigenvalue weighted by Crippen LogP contribution is -2.33. The lowest BCUT2D eigenvalue weighted by molar-refractivity contribution is -0.122.